The Bertz CT molecular complexity index is 231. The Kier molecular flexibility index (Phi) is 3.02. The molecule has 1 rings (SSSR count). The van der Waals surface area contributed by atoms with Gasteiger partial charge in [0.25, 0.3) is 6.43 Å². The number of aryl methyl sites for hydroxylation is 1. The van der Waals surface area contributed by atoms with Crippen molar-refractivity contribution in [3.05, 3.63) is 29.8 Å². The number of hydrogen-bond donors (Lipinski definition) is 1. The van der Waals surface area contributed by atoms with Gasteiger partial charge in [0.1, 0.15) is 0 Å². The van der Waals surface area contributed by atoms with Crippen molar-refractivity contribution in [2.75, 3.05) is 11.9 Å². The minimum atomic E-state index is -2.30. The zero-order valence-electron chi connectivity index (χ0n) is 6.85. The van der Waals surface area contributed by atoms with Crippen LogP contribution in [0, 0.1) is 6.92 Å². The van der Waals surface area contributed by atoms with Crippen LogP contribution >= 0.6 is 0 Å². The molecule has 0 heterocycles. The van der Waals surface area contributed by atoms with Gasteiger partial charge in [0.05, 0.1) is 6.54 Å². The largest absolute Gasteiger partial charge is 0.379 e. The molecule has 0 saturated heterocycles. The Morgan fingerprint density at radius 3 is 2.33 bits per heavy atom. The Balaban J connectivity index is 2.48. The summed E-state index contributed by atoms with van der Waals surface area (Å²) in [5.74, 6) is 0. The molecule has 0 aliphatic heterocycles. The Morgan fingerprint density at radius 1 is 1.25 bits per heavy atom. The van der Waals surface area contributed by atoms with Gasteiger partial charge < -0.3 is 5.32 Å². The van der Waals surface area contributed by atoms with Crippen LogP contribution in [0.3, 0.4) is 0 Å². The van der Waals surface area contributed by atoms with Gasteiger partial charge in [0, 0.05) is 5.69 Å². The van der Waals surface area contributed by atoms with Gasteiger partial charge in [-0.25, -0.2) is 8.78 Å². The van der Waals surface area contributed by atoms with Gasteiger partial charge in [-0.2, -0.15) is 0 Å². The van der Waals surface area contributed by atoms with Crippen molar-refractivity contribution >= 4 is 5.69 Å². The zero-order valence-corrected chi connectivity index (χ0v) is 6.85. The number of halogens is 2. The third-order valence-electron chi connectivity index (χ3n) is 1.51. The predicted octanol–water partition coefficient (Wildman–Crippen LogP) is 2.67. The summed E-state index contributed by atoms with van der Waals surface area (Å²) < 4.78 is 23.5. The molecule has 0 aliphatic carbocycles. The summed E-state index contributed by atoms with van der Waals surface area (Å²) in [7, 11) is 0. The molecule has 3 heteroatoms. The van der Waals surface area contributed by atoms with Crippen molar-refractivity contribution in [1.82, 2.24) is 0 Å². The van der Waals surface area contributed by atoms with Crippen molar-refractivity contribution in [2.45, 2.75) is 13.3 Å². The van der Waals surface area contributed by atoms with E-state index in [4.69, 9.17) is 0 Å². The van der Waals surface area contributed by atoms with Crippen molar-refractivity contribution in [3.63, 3.8) is 0 Å². The number of benzene rings is 1. The first-order valence-corrected chi connectivity index (χ1v) is 3.77. The molecule has 66 valence electrons. The van der Waals surface area contributed by atoms with Crippen LogP contribution in [-0.2, 0) is 0 Å². The highest BCUT2D eigenvalue weighted by Gasteiger charge is 2.00. The van der Waals surface area contributed by atoms with Gasteiger partial charge in [-0.05, 0) is 19.1 Å². The normalized spacial score (nSPS) is 10.3. The van der Waals surface area contributed by atoms with Gasteiger partial charge in [-0.3, -0.25) is 0 Å². The molecule has 0 aromatic heterocycles. The molecule has 0 atom stereocenters. The summed E-state index contributed by atoms with van der Waals surface area (Å²) in [4.78, 5) is 0. The lowest BCUT2D eigenvalue weighted by atomic mass is 10.2. The van der Waals surface area contributed by atoms with Crippen LogP contribution in [0.1, 0.15) is 5.56 Å². The molecule has 1 nitrogen and oxygen atoms in total. The first kappa shape index (κ1) is 8.97. The number of alkyl halides is 2. The highest BCUT2D eigenvalue weighted by molar-refractivity contribution is 5.44. The van der Waals surface area contributed by atoms with Gasteiger partial charge in [0.15, 0.2) is 0 Å². The van der Waals surface area contributed by atoms with Crippen LogP contribution < -0.4 is 5.32 Å². The highest BCUT2D eigenvalue weighted by Crippen LogP contribution is 2.08. The van der Waals surface area contributed by atoms with Crippen LogP contribution in [0.25, 0.3) is 0 Å². The third-order valence-corrected chi connectivity index (χ3v) is 1.51. The van der Waals surface area contributed by atoms with Gasteiger partial charge in [-0.15, -0.1) is 0 Å². The topological polar surface area (TPSA) is 12.0 Å². The summed E-state index contributed by atoms with van der Waals surface area (Å²) >= 11 is 0. The van der Waals surface area contributed by atoms with E-state index in [0.29, 0.717) is 0 Å². The second-order valence-electron chi connectivity index (χ2n) is 2.64. The molecular formula is C9H11F2N. The van der Waals surface area contributed by atoms with Crippen LogP contribution in [0.4, 0.5) is 14.5 Å². The Morgan fingerprint density at radius 2 is 1.83 bits per heavy atom. The molecular weight excluding hydrogens is 160 g/mol. The molecule has 0 aliphatic rings. The van der Waals surface area contributed by atoms with Crippen molar-refractivity contribution in [3.8, 4) is 0 Å². The predicted molar refractivity (Wildman–Crippen MR) is 45.7 cm³/mol. The minimum absolute atomic E-state index is 0.289. The maximum Gasteiger partial charge on any atom is 0.255 e. The lowest BCUT2D eigenvalue weighted by Gasteiger charge is -2.04. The third kappa shape index (κ3) is 2.86. The number of nitrogens with one attached hydrogen (secondary N) is 1. The van der Waals surface area contributed by atoms with Crippen LogP contribution in [0.2, 0.25) is 0 Å². The first-order chi connectivity index (χ1) is 5.68. The fourth-order valence-corrected chi connectivity index (χ4v) is 0.866. The van der Waals surface area contributed by atoms with E-state index in [0.717, 1.165) is 11.3 Å². The minimum Gasteiger partial charge on any atom is -0.379 e. The van der Waals surface area contributed by atoms with Crippen molar-refractivity contribution < 1.29 is 8.78 Å². The number of anilines is 1. The molecule has 1 N–H and O–H groups in total. The molecule has 1 aromatic carbocycles. The van der Waals surface area contributed by atoms with Crippen molar-refractivity contribution in [1.29, 1.82) is 0 Å². The standard InChI is InChI=1S/C9H11F2N/c1-7-2-4-8(5-3-7)12-6-9(10)11/h2-5,9,12H,6H2,1H3. The molecule has 0 radical (unpaired) electrons. The van der Waals surface area contributed by atoms with Crippen LogP contribution in [0.15, 0.2) is 24.3 Å². The fourth-order valence-electron chi connectivity index (χ4n) is 0.866. The average Bonchev–Trinajstić information content (AvgIpc) is 2.03. The van der Waals surface area contributed by atoms with Crippen LogP contribution in [-0.4, -0.2) is 13.0 Å². The van der Waals surface area contributed by atoms with Crippen LogP contribution in [0.5, 0.6) is 0 Å². The molecule has 0 amide bonds. The molecule has 0 fully saturated rings. The average molecular weight is 171 g/mol. The zero-order chi connectivity index (χ0) is 8.97. The van der Waals surface area contributed by atoms with E-state index in [1.807, 2.05) is 19.1 Å². The SMILES string of the molecule is Cc1ccc(NCC(F)F)cc1. The molecule has 0 bridgehead atoms. The van der Waals surface area contributed by atoms with E-state index in [2.05, 4.69) is 5.32 Å². The smallest absolute Gasteiger partial charge is 0.255 e. The first-order valence-electron chi connectivity index (χ1n) is 3.77. The van der Waals surface area contributed by atoms with Gasteiger partial charge in [0.2, 0.25) is 0 Å². The Labute approximate surface area is 70.4 Å². The maximum atomic E-state index is 11.7. The summed E-state index contributed by atoms with van der Waals surface area (Å²) in [6.45, 7) is 1.67. The van der Waals surface area contributed by atoms with E-state index in [1.54, 1.807) is 12.1 Å². The Hall–Kier alpha value is -1.12. The van der Waals surface area contributed by atoms with Gasteiger partial charge >= 0.3 is 0 Å². The summed E-state index contributed by atoms with van der Waals surface area (Å²) in [6, 6.07) is 7.34. The summed E-state index contributed by atoms with van der Waals surface area (Å²) in [6.07, 6.45) is -2.30. The number of hydrogen-bond acceptors (Lipinski definition) is 1. The molecule has 12 heavy (non-hydrogen) atoms. The molecule has 0 saturated carbocycles. The number of rotatable bonds is 3. The van der Waals surface area contributed by atoms with E-state index in [1.165, 1.54) is 0 Å². The fraction of sp³-hybridized carbons (Fsp3) is 0.333. The monoisotopic (exact) mass is 171 g/mol. The van der Waals surface area contributed by atoms with E-state index in [9.17, 15) is 8.78 Å². The van der Waals surface area contributed by atoms with Gasteiger partial charge in [-0.1, -0.05) is 17.7 Å². The quantitative estimate of drug-likeness (QED) is 0.737. The van der Waals surface area contributed by atoms with E-state index >= 15 is 0 Å². The van der Waals surface area contributed by atoms with Crippen molar-refractivity contribution in [2.24, 2.45) is 0 Å². The lowest BCUT2D eigenvalue weighted by Crippen LogP contribution is -2.09. The molecule has 0 spiro atoms. The summed E-state index contributed by atoms with van der Waals surface area (Å²) in [5, 5.41) is 2.62. The summed E-state index contributed by atoms with van der Waals surface area (Å²) in [5.41, 5.74) is 1.86. The molecule has 1 aromatic rings. The maximum absolute atomic E-state index is 11.7. The highest BCUT2D eigenvalue weighted by atomic mass is 19.3. The van der Waals surface area contributed by atoms with E-state index in [-0.39, 0.29) is 6.54 Å². The molecule has 0 unspecified atom stereocenters. The second kappa shape index (κ2) is 4.04. The lowest BCUT2D eigenvalue weighted by molar-refractivity contribution is 0.163. The van der Waals surface area contributed by atoms with E-state index < -0.39 is 6.43 Å². The second-order valence-corrected chi connectivity index (χ2v) is 2.64.